The summed E-state index contributed by atoms with van der Waals surface area (Å²) in [7, 11) is 0. The van der Waals surface area contributed by atoms with Gasteiger partial charge in [0.25, 0.3) is 0 Å². The van der Waals surface area contributed by atoms with Crippen molar-refractivity contribution in [3.05, 3.63) is 21.9 Å². The third-order valence-corrected chi connectivity index (χ3v) is 2.87. The van der Waals surface area contributed by atoms with Gasteiger partial charge in [-0.3, -0.25) is 0 Å². The second kappa shape index (κ2) is 5.24. The number of aliphatic hydroxyl groups is 2. The predicted octanol–water partition coefficient (Wildman–Crippen LogP) is 0.453. The summed E-state index contributed by atoms with van der Waals surface area (Å²) in [6, 6.07) is 3.87. The monoisotopic (exact) mass is 226 g/mol. The van der Waals surface area contributed by atoms with Gasteiger partial charge in [-0.25, -0.2) is 0 Å². The molecule has 4 nitrogen and oxygen atoms in total. The molecule has 5 heteroatoms. The highest BCUT2D eigenvalue weighted by atomic mass is 32.1. The number of hydrogen-bond acceptors (Lipinski definition) is 5. The van der Waals surface area contributed by atoms with E-state index in [0.717, 1.165) is 4.88 Å². The van der Waals surface area contributed by atoms with Crippen molar-refractivity contribution in [3.63, 3.8) is 0 Å². The summed E-state index contributed by atoms with van der Waals surface area (Å²) < 4.78 is 0. The van der Waals surface area contributed by atoms with E-state index >= 15 is 0 Å². The SMILES string of the molecule is CC(O)(CO)CNCc1cc(C#N)cs1. The van der Waals surface area contributed by atoms with Crippen LogP contribution in [0.25, 0.3) is 0 Å². The highest BCUT2D eigenvalue weighted by Crippen LogP contribution is 2.13. The minimum atomic E-state index is -1.09. The zero-order valence-corrected chi connectivity index (χ0v) is 9.34. The van der Waals surface area contributed by atoms with E-state index < -0.39 is 5.60 Å². The molecule has 0 aliphatic carbocycles. The lowest BCUT2D eigenvalue weighted by Crippen LogP contribution is -2.40. The topological polar surface area (TPSA) is 76.3 Å². The number of rotatable bonds is 5. The van der Waals surface area contributed by atoms with Crippen molar-refractivity contribution < 1.29 is 10.2 Å². The zero-order chi connectivity index (χ0) is 11.3. The minimum absolute atomic E-state index is 0.270. The smallest absolute Gasteiger partial charge is 0.100 e. The van der Waals surface area contributed by atoms with Crippen LogP contribution in [-0.2, 0) is 6.54 Å². The number of thiophene rings is 1. The average molecular weight is 226 g/mol. The minimum Gasteiger partial charge on any atom is -0.393 e. The fourth-order valence-electron chi connectivity index (χ4n) is 1.04. The van der Waals surface area contributed by atoms with E-state index in [-0.39, 0.29) is 6.61 Å². The first kappa shape index (κ1) is 12.1. The van der Waals surface area contributed by atoms with Crippen LogP contribution in [0.2, 0.25) is 0 Å². The molecule has 0 fully saturated rings. The maximum absolute atomic E-state index is 9.49. The molecule has 1 aromatic rings. The number of hydrogen-bond donors (Lipinski definition) is 3. The van der Waals surface area contributed by atoms with Crippen LogP contribution in [0, 0.1) is 11.3 Å². The van der Waals surface area contributed by atoms with Crippen molar-refractivity contribution >= 4 is 11.3 Å². The van der Waals surface area contributed by atoms with E-state index in [4.69, 9.17) is 10.4 Å². The second-order valence-corrected chi connectivity index (χ2v) is 4.67. The molecule has 0 aliphatic heterocycles. The van der Waals surface area contributed by atoms with Crippen LogP contribution in [0.5, 0.6) is 0 Å². The Balaban J connectivity index is 2.35. The molecule has 0 saturated carbocycles. The summed E-state index contributed by atoms with van der Waals surface area (Å²) in [5.41, 5.74) is -0.430. The molecule has 0 aliphatic rings. The molecule has 82 valence electrons. The molecule has 0 radical (unpaired) electrons. The Kier molecular flexibility index (Phi) is 4.24. The summed E-state index contributed by atoms with van der Waals surface area (Å²) in [6.07, 6.45) is 0. The van der Waals surface area contributed by atoms with E-state index in [1.165, 1.54) is 11.3 Å². The van der Waals surface area contributed by atoms with Gasteiger partial charge in [0.05, 0.1) is 17.8 Å². The van der Waals surface area contributed by atoms with E-state index in [1.807, 2.05) is 6.07 Å². The predicted molar refractivity (Wildman–Crippen MR) is 58.5 cm³/mol. The van der Waals surface area contributed by atoms with Crippen LogP contribution in [-0.4, -0.2) is 29.0 Å². The second-order valence-electron chi connectivity index (χ2n) is 3.67. The van der Waals surface area contributed by atoms with Crippen LogP contribution in [0.15, 0.2) is 11.4 Å². The third kappa shape index (κ3) is 3.98. The first-order valence-electron chi connectivity index (χ1n) is 4.59. The summed E-state index contributed by atoms with van der Waals surface area (Å²) in [4.78, 5) is 1.04. The first-order valence-corrected chi connectivity index (χ1v) is 5.47. The fourth-order valence-corrected chi connectivity index (χ4v) is 1.82. The van der Waals surface area contributed by atoms with Crippen LogP contribution in [0.4, 0.5) is 0 Å². The van der Waals surface area contributed by atoms with Gasteiger partial charge in [0.2, 0.25) is 0 Å². The highest BCUT2D eigenvalue weighted by molar-refractivity contribution is 7.10. The summed E-state index contributed by atoms with van der Waals surface area (Å²) in [5, 5.41) is 31.7. The van der Waals surface area contributed by atoms with E-state index in [2.05, 4.69) is 11.4 Å². The fraction of sp³-hybridized carbons (Fsp3) is 0.500. The van der Waals surface area contributed by atoms with Gasteiger partial charge in [0.1, 0.15) is 6.07 Å². The molecule has 1 aromatic heterocycles. The van der Waals surface area contributed by atoms with E-state index in [0.29, 0.717) is 18.7 Å². The Bertz CT molecular complexity index is 355. The van der Waals surface area contributed by atoms with Gasteiger partial charge in [0, 0.05) is 23.3 Å². The molecule has 0 saturated heterocycles. The van der Waals surface area contributed by atoms with Crippen molar-refractivity contribution in [1.82, 2.24) is 5.32 Å². The van der Waals surface area contributed by atoms with Crippen LogP contribution in [0.1, 0.15) is 17.4 Å². The highest BCUT2D eigenvalue weighted by Gasteiger charge is 2.17. The van der Waals surface area contributed by atoms with Gasteiger partial charge in [0.15, 0.2) is 0 Å². The lowest BCUT2D eigenvalue weighted by Gasteiger charge is -2.20. The number of nitrogens with zero attached hydrogens (tertiary/aromatic N) is 1. The molecule has 1 rings (SSSR count). The van der Waals surface area contributed by atoms with Crippen molar-refractivity contribution in [2.45, 2.75) is 19.1 Å². The molecule has 0 amide bonds. The normalized spacial score (nSPS) is 14.5. The Morgan fingerprint density at radius 3 is 2.93 bits per heavy atom. The van der Waals surface area contributed by atoms with Crippen LogP contribution in [0.3, 0.4) is 0 Å². The molecule has 3 N–H and O–H groups in total. The van der Waals surface area contributed by atoms with Gasteiger partial charge in [-0.05, 0) is 13.0 Å². The number of nitriles is 1. The standard InChI is InChI=1S/C10H14N2O2S/c1-10(14,7-13)6-12-4-9-2-8(3-11)5-15-9/h2,5,12-14H,4,6-7H2,1H3. The Labute approximate surface area is 92.8 Å². The zero-order valence-electron chi connectivity index (χ0n) is 8.53. The Morgan fingerprint density at radius 2 is 2.40 bits per heavy atom. The van der Waals surface area contributed by atoms with Crippen LogP contribution >= 0.6 is 11.3 Å². The van der Waals surface area contributed by atoms with Gasteiger partial charge < -0.3 is 15.5 Å². The quantitative estimate of drug-likeness (QED) is 0.681. The van der Waals surface area contributed by atoms with Crippen molar-refractivity contribution in [3.8, 4) is 6.07 Å². The maximum atomic E-state index is 9.49. The molecule has 1 atom stereocenters. The van der Waals surface area contributed by atoms with Crippen molar-refractivity contribution in [1.29, 1.82) is 5.26 Å². The molecule has 15 heavy (non-hydrogen) atoms. The Morgan fingerprint density at radius 1 is 1.67 bits per heavy atom. The van der Waals surface area contributed by atoms with Gasteiger partial charge in [-0.1, -0.05) is 0 Å². The van der Waals surface area contributed by atoms with Crippen molar-refractivity contribution in [2.24, 2.45) is 0 Å². The largest absolute Gasteiger partial charge is 0.393 e. The lowest BCUT2D eigenvalue weighted by molar-refractivity contribution is 0.00258. The molecule has 0 aromatic carbocycles. The molecular weight excluding hydrogens is 212 g/mol. The van der Waals surface area contributed by atoms with Gasteiger partial charge in [-0.15, -0.1) is 11.3 Å². The summed E-state index contributed by atoms with van der Waals surface area (Å²) in [5.74, 6) is 0. The lowest BCUT2D eigenvalue weighted by atomic mass is 10.1. The average Bonchev–Trinajstić information content (AvgIpc) is 2.66. The molecule has 1 heterocycles. The summed E-state index contributed by atoms with van der Waals surface area (Å²) >= 11 is 1.50. The van der Waals surface area contributed by atoms with E-state index in [9.17, 15) is 5.11 Å². The third-order valence-electron chi connectivity index (χ3n) is 1.93. The van der Waals surface area contributed by atoms with Gasteiger partial charge in [-0.2, -0.15) is 5.26 Å². The maximum Gasteiger partial charge on any atom is 0.100 e. The first-order chi connectivity index (χ1) is 7.07. The molecule has 1 unspecified atom stereocenters. The molecule has 0 spiro atoms. The number of aliphatic hydroxyl groups excluding tert-OH is 1. The van der Waals surface area contributed by atoms with Crippen molar-refractivity contribution in [2.75, 3.05) is 13.2 Å². The molecule has 0 bridgehead atoms. The van der Waals surface area contributed by atoms with Gasteiger partial charge >= 0.3 is 0 Å². The number of nitrogens with one attached hydrogen (secondary N) is 1. The van der Waals surface area contributed by atoms with Crippen LogP contribution < -0.4 is 5.32 Å². The van der Waals surface area contributed by atoms with E-state index in [1.54, 1.807) is 12.3 Å². The molecular formula is C10H14N2O2S. The Hall–Kier alpha value is -0.930. The summed E-state index contributed by atoms with van der Waals surface area (Å²) in [6.45, 7) is 2.22.